The highest BCUT2D eigenvalue weighted by atomic mass is 28.4. The van der Waals surface area contributed by atoms with Crippen LogP contribution in [-0.4, -0.2) is 39.7 Å². The fourth-order valence-electron chi connectivity index (χ4n) is 6.12. The van der Waals surface area contributed by atoms with Gasteiger partial charge >= 0.3 is 0 Å². The van der Waals surface area contributed by atoms with Gasteiger partial charge in [0, 0.05) is 25.2 Å². The minimum absolute atomic E-state index is 0.0164. The number of aliphatic hydroxyl groups is 1. The van der Waals surface area contributed by atoms with Crippen LogP contribution >= 0.6 is 0 Å². The van der Waals surface area contributed by atoms with Crippen LogP contribution in [0.2, 0.25) is 5.04 Å². The first-order valence-corrected chi connectivity index (χ1v) is 19.9. The van der Waals surface area contributed by atoms with Gasteiger partial charge in [-0.2, -0.15) is 0 Å². The minimum Gasteiger partial charge on any atom is -0.457 e. The fourth-order valence-corrected chi connectivity index (χ4v) is 10.7. The van der Waals surface area contributed by atoms with Crippen LogP contribution in [0.5, 0.6) is 23.0 Å². The van der Waals surface area contributed by atoms with Gasteiger partial charge in [0.25, 0.3) is 8.32 Å². The zero-order chi connectivity index (χ0) is 39.3. The summed E-state index contributed by atoms with van der Waals surface area (Å²) in [4.78, 5) is 0. The number of aliphatic hydroxyl groups excluding tert-OH is 1. The minimum atomic E-state index is -2.59. The molecule has 0 fully saturated rings. The van der Waals surface area contributed by atoms with Gasteiger partial charge in [-0.3, -0.25) is 0 Å². The first-order chi connectivity index (χ1) is 26.5. The SMILES string of the molecule is CC(C)(C)[Si](OCCNc1cc(Oc2ccc(F)cc2)ccc1N)(c1ccccc1)c1ccccc1.Nc1ccc(Oc2ccc(F)cc2)cc1NCCO. The molecule has 0 bridgehead atoms. The highest BCUT2D eigenvalue weighted by molar-refractivity contribution is 6.99. The molecule has 0 unspecified atom stereocenters. The summed E-state index contributed by atoms with van der Waals surface area (Å²) in [5.74, 6) is 1.69. The van der Waals surface area contributed by atoms with Gasteiger partial charge in [0.15, 0.2) is 0 Å². The Morgan fingerprint density at radius 1 is 0.564 bits per heavy atom. The van der Waals surface area contributed by atoms with Gasteiger partial charge in [-0.05, 0) is 88.2 Å². The third-order valence-corrected chi connectivity index (χ3v) is 13.8. The Morgan fingerprint density at radius 3 is 1.36 bits per heavy atom. The van der Waals surface area contributed by atoms with Crippen LogP contribution in [0.15, 0.2) is 146 Å². The first kappa shape index (κ1) is 40.3. The Hall–Kier alpha value is -5.88. The molecule has 0 amide bonds. The molecule has 6 rings (SSSR count). The number of hydrogen-bond donors (Lipinski definition) is 5. The number of nitrogen functional groups attached to an aromatic ring is 2. The van der Waals surface area contributed by atoms with Crippen LogP contribution < -0.4 is 41.9 Å². The monoisotopic (exact) mass is 762 g/mol. The lowest BCUT2D eigenvalue weighted by Crippen LogP contribution is -2.66. The van der Waals surface area contributed by atoms with Gasteiger partial charge < -0.3 is 41.1 Å². The van der Waals surface area contributed by atoms with E-state index in [1.807, 2.05) is 18.2 Å². The lowest BCUT2D eigenvalue weighted by molar-refractivity contribution is 0.311. The predicted molar refractivity (Wildman–Crippen MR) is 222 cm³/mol. The fraction of sp³-hybridized carbons (Fsp3) is 0.182. The highest BCUT2D eigenvalue weighted by Gasteiger charge is 2.50. The summed E-state index contributed by atoms with van der Waals surface area (Å²) >= 11 is 0. The van der Waals surface area contributed by atoms with Gasteiger partial charge in [-0.15, -0.1) is 0 Å². The number of nitrogens with one attached hydrogen (secondary N) is 2. The van der Waals surface area contributed by atoms with E-state index < -0.39 is 8.32 Å². The molecule has 0 spiro atoms. The number of nitrogens with two attached hydrogens (primary N) is 2. The van der Waals surface area contributed by atoms with Crippen molar-refractivity contribution in [1.82, 2.24) is 0 Å². The molecule has 55 heavy (non-hydrogen) atoms. The molecule has 0 aliphatic heterocycles. The van der Waals surface area contributed by atoms with Crippen molar-refractivity contribution in [2.75, 3.05) is 48.4 Å². The van der Waals surface area contributed by atoms with Crippen LogP contribution in [0.3, 0.4) is 0 Å². The van der Waals surface area contributed by atoms with Gasteiger partial charge in [0.1, 0.15) is 34.6 Å². The standard InChI is InChI=1S/C30H33FN2O2Si.C14H15FN2O2/c1-30(2,3)36(26-10-6-4-7-11-26,27-12-8-5-9-13-27)34-21-20-33-29-22-25(18-19-28(29)32)35-24-16-14-23(31)15-17-24;15-10-1-3-11(4-2-10)19-12-5-6-13(16)14(9-12)17-7-8-18/h4-19,22,33H,20-21,32H2,1-3H3;1-6,9,17-18H,7-8,16H2. The molecule has 0 heterocycles. The molecular weight excluding hydrogens is 715 g/mol. The maximum absolute atomic E-state index is 13.2. The van der Waals surface area contributed by atoms with Crippen molar-refractivity contribution in [3.63, 3.8) is 0 Å². The van der Waals surface area contributed by atoms with Crippen LogP contribution in [0.1, 0.15) is 20.8 Å². The highest BCUT2D eigenvalue weighted by Crippen LogP contribution is 2.37. The van der Waals surface area contributed by atoms with Gasteiger partial charge in [-0.1, -0.05) is 81.4 Å². The number of ether oxygens (including phenoxy) is 2. The lowest BCUT2D eigenvalue weighted by atomic mass is 10.2. The average molecular weight is 763 g/mol. The molecule has 6 aromatic carbocycles. The molecule has 7 N–H and O–H groups in total. The van der Waals surface area contributed by atoms with Gasteiger partial charge in [0.05, 0.1) is 36.0 Å². The van der Waals surface area contributed by atoms with Crippen molar-refractivity contribution >= 4 is 41.4 Å². The summed E-state index contributed by atoms with van der Waals surface area (Å²) in [6.45, 7) is 8.31. The van der Waals surface area contributed by atoms with E-state index in [1.54, 1.807) is 54.6 Å². The zero-order valence-electron chi connectivity index (χ0n) is 31.3. The topological polar surface area (TPSA) is 124 Å². The molecule has 286 valence electrons. The summed E-state index contributed by atoms with van der Waals surface area (Å²) in [7, 11) is -2.59. The van der Waals surface area contributed by atoms with E-state index in [2.05, 4.69) is 79.9 Å². The number of rotatable bonds is 14. The van der Waals surface area contributed by atoms with Gasteiger partial charge in [-0.25, -0.2) is 8.78 Å². The summed E-state index contributed by atoms with van der Waals surface area (Å²) in [5, 5.41) is 17.6. The zero-order valence-corrected chi connectivity index (χ0v) is 32.3. The second-order valence-corrected chi connectivity index (χ2v) is 18.0. The Labute approximate surface area is 322 Å². The Bertz CT molecular complexity index is 2040. The maximum atomic E-state index is 13.2. The molecule has 0 atom stereocenters. The van der Waals surface area contributed by atoms with E-state index in [1.165, 1.54) is 34.6 Å². The molecule has 0 aliphatic rings. The summed E-state index contributed by atoms with van der Waals surface area (Å²) in [5.41, 5.74) is 14.7. The predicted octanol–water partition coefficient (Wildman–Crippen LogP) is 8.79. The van der Waals surface area contributed by atoms with Gasteiger partial charge in [0.2, 0.25) is 0 Å². The number of anilines is 4. The normalized spacial score (nSPS) is 11.2. The third kappa shape index (κ3) is 10.8. The van der Waals surface area contributed by atoms with Crippen molar-refractivity contribution in [2.24, 2.45) is 0 Å². The second kappa shape index (κ2) is 18.9. The lowest BCUT2D eigenvalue weighted by Gasteiger charge is -2.43. The van der Waals surface area contributed by atoms with Crippen molar-refractivity contribution in [3.8, 4) is 23.0 Å². The summed E-state index contributed by atoms with van der Waals surface area (Å²) in [6, 6.07) is 43.5. The van der Waals surface area contributed by atoms with Crippen LogP contribution in [0.4, 0.5) is 31.5 Å². The Kier molecular flexibility index (Phi) is 13.9. The van der Waals surface area contributed by atoms with E-state index in [9.17, 15) is 8.78 Å². The molecule has 0 radical (unpaired) electrons. The van der Waals surface area contributed by atoms with Crippen molar-refractivity contribution in [3.05, 3.63) is 157 Å². The summed E-state index contributed by atoms with van der Waals surface area (Å²) < 4.78 is 44.4. The van der Waals surface area contributed by atoms with Crippen molar-refractivity contribution in [2.45, 2.75) is 25.8 Å². The average Bonchev–Trinajstić information content (AvgIpc) is 3.18. The molecular formula is C44H48F2N4O4Si. The van der Waals surface area contributed by atoms with E-state index in [-0.39, 0.29) is 23.3 Å². The molecule has 0 saturated heterocycles. The molecule has 6 aromatic rings. The molecule has 0 saturated carbocycles. The Morgan fingerprint density at radius 2 is 0.964 bits per heavy atom. The number of hydrogen-bond acceptors (Lipinski definition) is 8. The Balaban J connectivity index is 0.000000256. The molecule has 8 nitrogen and oxygen atoms in total. The molecule has 0 aromatic heterocycles. The van der Waals surface area contributed by atoms with Crippen molar-refractivity contribution in [1.29, 1.82) is 0 Å². The van der Waals surface area contributed by atoms with E-state index in [0.717, 1.165) is 5.69 Å². The number of benzene rings is 6. The molecule has 0 aliphatic carbocycles. The number of halogens is 2. The molecule has 11 heteroatoms. The maximum Gasteiger partial charge on any atom is 0.261 e. The van der Waals surface area contributed by atoms with E-state index in [0.29, 0.717) is 59.8 Å². The van der Waals surface area contributed by atoms with Crippen LogP contribution in [-0.2, 0) is 4.43 Å². The second-order valence-electron chi connectivity index (χ2n) is 13.7. The largest absolute Gasteiger partial charge is 0.457 e. The third-order valence-electron chi connectivity index (χ3n) is 8.73. The van der Waals surface area contributed by atoms with Crippen LogP contribution in [0, 0.1) is 11.6 Å². The summed E-state index contributed by atoms with van der Waals surface area (Å²) in [6.07, 6.45) is 0. The van der Waals surface area contributed by atoms with Crippen LogP contribution in [0.25, 0.3) is 0 Å². The van der Waals surface area contributed by atoms with Crippen molar-refractivity contribution < 1.29 is 27.8 Å². The first-order valence-electron chi connectivity index (χ1n) is 18.0. The quantitative estimate of drug-likeness (QED) is 0.0424. The van der Waals surface area contributed by atoms with E-state index >= 15 is 0 Å². The van der Waals surface area contributed by atoms with E-state index in [4.69, 9.17) is 30.5 Å². The smallest absolute Gasteiger partial charge is 0.261 e.